The van der Waals surface area contributed by atoms with Gasteiger partial charge in [-0.15, -0.1) is 25.7 Å². The number of para-hydroxylation sites is 2. The second-order valence-electron chi connectivity index (χ2n) is 3.75. The molecule has 0 heterocycles. The van der Waals surface area contributed by atoms with E-state index in [1.54, 1.807) is 48.5 Å². The van der Waals surface area contributed by atoms with Crippen LogP contribution >= 0.6 is 0 Å². The van der Waals surface area contributed by atoms with Crippen LogP contribution in [0.4, 0.5) is 0 Å². The van der Waals surface area contributed by atoms with Crippen LogP contribution < -0.4 is 0 Å². The Labute approximate surface area is 178 Å². The van der Waals surface area contributed by atoms with Gasteiger partial charge in [0.2, 0.25) is 0 Å². The summed E-state index contributed by atoms with van der Waals surface area (Å²) in [4.78, 5) is 0. The Kier molecular flexibility index (Phi) is 30.2. The Hall–Kier alpha value is -4.68. The van der Waals surface area contributed by atoms with E-state index in [4.69, 9.17) is 35.9 Å². The van der Waals surface area contributed by atoms with E-state index in [0.29, 0.717) is 11.5 Å². The number of aromatic hydroxyl groups is 2. The molecule has 2 aromatic rings. The van der Waals surface area contributed by atoms with E-state index in [9.17, 15) is 0 Å². The number of benzene rings is 2. The molecule has 0 radical (unpaired) electrons. The van der Waals surface area contributed by atoms with Crippen molar-refractivity contribution in [3.05, 3.63) is 60.7 Å². The summed E-state index contributed by atoms with van der Waals surface area (Å²) in [6.45, 7) is 0. The average molecular weight is 389 g/mol. The third-order valence-electron chi connectivity index (χ3n) is 1.93. The standard InChI is InChI=1S/2C6H6O.2C6H2.2H2O.8H2/c2*7-6-4-2-1-3-5-6;2*1-3-5-6-4-2;;;;;;;;;;/h2*1-5,7H;2*1-2H;2*1H2;8*1H. The van der Waals surface area contributed by atoms with Crippen LogP contribution in [0.2, 0.25) is 0 Å². The molecule has 0 spiro atoms. The summed E-state index contributed by atoms with van der Waals surface area (Å²) in [6.07, 6.45) is 18.8. The Morgan fingerprint density at radius 3 is 0.821 bits per heavy atom. The molecule has 0 aromatic heterocycles. The van der Waals surface area contributed by atoms with Crippen LogP contribution in [-0.2, 0) is 0 Å². The van der Waals surface area contributed by atoms with Crippen molar-refractivity contribution in [1.29, 1.82) is 0 Å². The number of phenols is 2. The van der Waals surface area contributed by atoms with Gasteiger partial charge in [-0.05, 0) is 71.6 Å². The van der Waals surface area contributed by atoms with Gasteiger partial charge in [-0.1, -0.05) is 36.4 Å². The lowest BCUT2D eigenvalue weighted by Gasteiger charge is -1.82. The molecule has 0 atom stereocenters. The van der Waals surface area contributed by atoms with Crippen molar-refractivity contribution in [1.82, 2.24) is 0 Å². The predicted molar refractivity (Wildman–Crippen MR) is 131 cm³/mol. The highest BCUT2D eigenvalue weighted by atomic mass is 16.3. The highest BCUT2D eigenvalue weighted by Crippen LogP contribution is 2.03. The van der Waals surface area contributed by atoms with Crippen molar-refractivity contribution < 1.29 is 32.6 Å². The van der Waals surface area contributed by atoms with E-state index in [1.165, 1.54) is 0 Å². The first-order valence-corrected chi connectivity index (χ1v) is 6.92. The third-order valence-corrected chi connectivity index (χ3v) is 1.93. The topological polar surface area (TPSA) is 103 Å². The second kappa shape index (κ2) is 27.2. The van der Waals surface area contributed by atoms with Gasteiger partial charge in [-0.25, -0.2) is 0 Å². The van der Waals surface area contributed by atoms with E-state index in [1.807, 2.05) is 12.1 Å². The Morgan fingerprint density at radius 1 is 0.500 bits per heavy atom. The molecular formula is C24H36O4. The fourth-order valence-corrected chi connectivity index (χ4v) is 1.00. The highest BCUT2D eigenvalue weighted by Gasteiger charge is 1.75. The average Bonchev–Trinajstić information content (AvgIpc) is 2.67. The van der Waals surface area contributed by atoms with Gasteiger partial charge >= 0.3 is 0 Å². The van der Waals surface area contributed by atoms with Crippen LogP contribution in [0.1, 0.15) is 11.4 Å². The van der Waals surface area contributed by atoms with E-state index in [2.05, 4.69) is 47.4 Å². The molecule has 0 fully saturated rings. The molecule has 4 heteroatoms. The molecule has 0 unspecified atom stereocenters. The quantitative estimate of drug-likeness (QED) is 0.673. The van der Waals surface area contributed by atoms with Crippen LogP contribution in [0.15, 0.2) is 60.7 Å². The van der Waals surface area contributed by atoms with Gasteiger partial charge in [0.25, 0.3) is 0 Å². The van der Waals surface area contributed by atoms with Gasteiger partial charge in [0.1, 0.15) is 11.5 Å². The fourth-order valence-electron chi connectivity index (χ4n) is 1.00. The van der Waals surface area contributed by atoms with Crippen LogP contribution in [0.3, 0.4) is 0 Å². The maximum Gasteiger partial charge on any atom is 0.115 e. The zero-order valence-corrected chi connectivity index (χ0v) is 15.0. The molecule has 2 rings (SSSR count). The van der Waals surface area contributed by atoms with E-state index < -0.39 is 0 Å². The monoisotopic (exact) mass is 388 g/mol. The SMILES string of the molecule is C#CC#CC#C.C#CC#CC#C.O.O.Oc1ccccc1.Oc1ccccc1.[HH].[HH].[HH].[HH].[HH].[HH].[HH].[HH]. The molecule has 0 aliphatic heterocycles. The first-order chi connectivity index (χ1) is 12.6. The summed E-state index contributed by atoms with van der Waals surface area (Å²) in [7, 11) is 0. The maximum absolute atomic E-state index is 8.63. The van der Waals surface area contributed by atoms with Crippen LogP contribution in [0, 0.1) is 73.1 Å². The third kappa shape index (κ3) is 29.3. The Bertz CT molecular complexity index is 809. The highest BCUT2D eigenvalue weighted by molar-refractivity contribution is 5.32. The summed E-state index contributed by atoms with van der Waals surface area (Å²) < 4.78 is 0. The lowest BCUT2D eigenvalue weighted by Crippen LogP contribution is -1.56. The minimum absolute atomic E-state index is 0. The van der Waals surface area contributed by atoms with Crippen molar-refractivity contribution in [2.45, 2.75) is 0 Å². The molecule has 156 valence electrons. The molecule has 0 saturated heterocycles. The molecule has 0 aliphatic carbocycles. The largest absolute Gasteiger partial charge is 0.508 e. The van der Waals surface area contributed by atoms with Crippen molar-refractivity contribution >= 4 is 0 Å². The minimum Gasteiger partial charge on any atom is -0.508 e. The number of hydrogen-bond donors (Lipinski definition) is 2. The van der Waals surface area contributed by atoms with E-state index >= 15 is 0 Å². The van der Waals surface area contributed by atoms with Gasteiger partial charge in [0, 0.05) is 11.4 Å². The van der Waals surface area contributed by atoms with E-state index in [0.717, 1.165) is 0 Å². The van der Waals surface area contributed by atoms with Gasteiger partial charge in [-0.3, -0.25) is 0 Å². The fraction of sp³-hybridized carbons (Fsp3) is 0. The van der Waals surface area contributed by atoms with Crippen molar-refractivity contribution in [3.8, 4) is 84.6 Å². The predicted octanol–water partition coefficient (Wildman–Crippen LogP) is 3.62. The summed E-state index contributed by atoms with van der Waals surface area (Å²) >= 11 is 0. The molecule has 0 aliphatic rings. The summed E-state index contributed by atoms with van der Waals surface area (Å²) in [5, 5.41) is 17.3. The number of phenolic OH excluding ortho intramolecular Hbond substituents is 2. The Balaban J connectivity index is -0.0000000196. The zero-order valence-electron chi connectivity index (χ0n) is 15.0. The molecule has 0 saturated carbocycles. The summed E-state index contributed by atoms with van der Waals surface area (Å²) in [5.74, 6) is 17.9. The summed E-state index contributed by atoms with van der Waals surface area (Å²) in [5.41, 5.74) is 0. The maximum atomic E-state index is 8.63. The van der Waals surface area contributed by atoms with Gasteiger partial charge in [-0.2, -0.15) is 0 Å². The molecule has 0 amide bonds. The molecule has 2 aromatic carbocycles. The molecule has 4 nitrogen and oxygen atoms in total. The van der Waals surface area contributed by atoms with Crippen molar-refractivity contribution in [2.24, 2.45) is 0 Å². The zero-order chi connectivity index (χ0) is 19.9. The Morgan fingerprint density at radius 2 is 0.714 bits per heavy atom. The van der Waals surface area contributed by atoms with Crippen LogP contribution in [0.5, 0.6) is 11.5 Å². The first kappa shape index (κ1) is 31.1. The van der Waals surface area contributed by atoms with Crippen LogP contribution in [-0.4, -0.2) is 21.2 Å². The number of terminal acetylenes is 4. The van der Waals surface area contributed by atoms with Crippen LogP contribution in [0.25, 0.3) is 0 Å². The lowest BCUT2D eigenvalue weighted by molar-refractivity contribution is 0.475. The molecule has 0 bridgehead atoms. The van der Waals surface area contributed by atoms with E-state index in [-0.39, 0.29) is 22.4 Å². The van der Waals surface area contributed by atoms with Crippen molar-refractivity contribution in [3.63, 3.8) is 0 Å². The second-order valence-corrected chi connectivity index (χ2v) is 3.75. The van der Waals surface area contributed by atoms with Gasteiger partial charge in [0.05, 0.1) is 0 Å². The smallest absolute Gasteiger partial charge is 0.115 e. The number of hydrogen-bond acceptors (Lipinski definition) is 2. The molecule has 6 N–H and O–H groups in total. The molecule has 28 heavy (non-hydrogen) atoms. The first-order valence-electron chi connectivity index (χ1n) is 6.92. The summed E-state index contributed by atoms with van der Waals surface area (Å²) in [6, 6.07) is 17.4. The molecular weight excluding hydrogens is 352 g/mol. The van der Waals surface area contributed by atoms with Gasteiger partial charge < -0.3 is 21.2 Å². The number of rotatable bonds is 0. The normalized spacial score (nSPS) is 5.57. The lowest BCUT2D eigenvalue weighted by atomic mass is 10.3. The van der Waals surface area contributed by atoms with Crippen molar-refractivity contribution in [2.75, 3.05) is 0 Å². The van der Waals surface area contributed by atoms with Gasteiger partial charge in [0.15, 0.2) is 0 Å². The minimum atomic E-state index is 0.